The van der Waals surface area contributed by atoms with Gasteiger partial charge in [-0.25, -0.2) is 0 Å². The van der Waals surface area contributed by atoms with Gasteiger partial charge in [0, 0.05) is 34.3 Å². The van der Waals surface area contributed by atoms with Crippen molar-refractivity contribution in [3.63, 3.8) is 0 Å². The number of non-ortho nitro benzene ring substituents is 1. The molecule has 3 aromatic rings. The highest BCUT2D eigenvalue weighted by molar-refractivity contribution is 6.08. The fourth-order valence-corrected chi connectivity index (χ4v) is 4.80. The minimum atomic E-state index is -0.461. The average molecular weight is 400 g/mol. The summed E-state index contributed by atoms with van der Waals surface area (Å²) in [5.74, 6) is -0.0289. The Morgan fingerprint density at radius 1 is 0.900 bits per heavy atom. The number of carbonyl (C=O) groups excluding carboxylic acids is 1. The molecular weight excluding hydrogens is 376 g/mol. The molecule has 0 aromatic heterocycles. The smallest absolute Gasteiger partial charge is 0.269 e. The lowest BCUT2D eigenvalue weighted by Crippen LogP contribution is -2.55. The van der Waals surface area contributed by atoms with E-state index in [-0.39, 0.29) is 21.9 Å². The van der Waals surface area contributed by atoms with Gasteiger partial charge < -0.3 is 4.90 Å². The molecule has 0 bridgehead atoms. The van der Waals surface area contributed by atoms with Gasteiger partial charge in [0.15, 0.2) is 0 Å². The first kappa shape index (κ1) is 19.8. The van der Waals surface area contributed by atoms with Crippen molar-refractivity contribution in [1.82, 2.24) is 0 Å². The van der Waals surface area contributed by atoms with Gasteiger partial charge in [-0.1, -0.05) is 55.5 Å². The highest BCUT2D eigenvalue weighted by atomic mass is 16.6. The average Bonchev–Trinajstić information content (AvgIpc) is 2.73. The predicted octanol–water partition coefficient (Wildman–Crippen LogP) is 5.73. The minimum absolute atomic E-state index is 0.0289. The normalized spacial score (nSPS) is 19.8. The maximum Gasteiger partial charge on any atom is 0.269 e. The first-order valence-corrected chi connectivity index (χ1v) is 9.98. The molecule has 1 heterocycles. The van der Waals surface area contributed by atoms with E-state index in [0.29, 0.717) is 12.0 Å². The van der Waals surface area contributed by atoms with Crippen LogP contribution in [0.25, 0.3) is 0 Å². The molecule has 30 heavy (non-hydrogen) atoms. The van der Waals surface area contributed by atoms with Crippen LogP contribution in [0.5, 0.6) is 0 Å². The molecule has 4 rings (SSSR count). The van der Waals surface area contributed by atoms with Crippen LogP contribution in [0.15, 0.2) is 78.9 Å². The van der Waals surface area contributed by atoms with Gasteiger partial charge in [-0.05, 0) is 49.6 Å². The fourth-order valence-electron chi connectivity index (χ4n) is 4.80. The molecule has 5 nitrogen and oxygen atoms in total. The van der Waals surface area contributed by atoms with Crippen LogP contribution in [0.4, 0.5) is 11.4 Å². The third kappa shape index (κ3) is 3.16. The molecule has 0 saturated heterocycles. The molecule has 0 fully saturated rings. The Bertz CT molecular complexity index is 1110. The van der Waals surface area contributed by atoms with Gasteiger partial charge in [0.2, 0.25) is 0 Å². The molecule has 152 valence electrons. The van der Waals surface area contributed by atoms with Gasteiger partial charge in [-0.2, -0.15) is 0 Å². The number of hydrogen-bond donors (Lipinski definition) is 0. The summed E-state index contributed by atoms with van der Waals surface area (Å²) in [5, 5.41) is 11.1. The van der Waals surface area contributed by atoms with Crippen molar-refractivity contribution in [1.29, 1.82) is 0 Å². The van der Waals surface area contributed by atoms with Crippen molar-refractivity contribution in [3.8, 4) is 0 Å². The first-order valence-electron chi connectivity index (χ1n) is 9.98. The summed E-state index contributed by atoms with van der Waals surface area (Å²) in [6, 6.07) is 24.1. The number of benzene rings is 3. The molecule has 1 amide bonds. The molecule has 1 aliphatic rings. The van der Waals surface area contributed by atoms with Crippen molar-refractivity contribution in [2.45, 2.75) is 38.1 Å². The van der Waals surface area contributed by atoms with Crippen molar-refractivity contribution < 1.29 is 9.72 Å². The lowest BCUT2D eigenvalue weighted by Gasteiger charge is -2.51. The second-order valence-corrected chi connectivity index (χ2v) is 8.65. The number of nitro groups is 1. The number of nitrogens with zero attached hydrogens (tertiary/aromatic N) is 2. The van der Waals surface area contributed by atoms with E-state index in [1.807, 2.05) is 65.6 Å². The zero-order chi connectivity index (χ0) is 21.5. The zero-order valence-corrected chi connectivity index (χ0v) is 17.3. The second-order valence-electron chi connectivity index (χ2n) is 8.65. The molecule has 0 radical (unpaired) electrons. The van der Waals surface area contributed by atoms with Crippen LogP contribution < -0.4 is 4.90 Å². The number of rotatable bonds is 3. The fraction of sp³-hybridized carbons (Fsp3) is 0.240. The summed E-state index contributed by atoms with van der Waals surface area (Å²) >= 11 is 0. The summed E-state index contributed by atoms with van der Waals surface area (Å²) in [6.07, 6.45) is 0.688. The largest absolute Gasteiger partial charge is 0.302 e. The molecule has 5 heteroatoms. The lowest BCUT2D eigenvalue weighted by atomic mass is 9.65. The van der Waals surface area contributed by atoms with Gasteiger partial charge in [-0.3, -0.25) is 14.9 Å². The van der Waals surface area contributed by atoms with Gasteiger partial charge in [-0.15, -0.1) is 0 Å². The Hall–Kier alpha value is -3.47. The monoisotopic (exact) mass is 400 g/mol. The number of carbonyl (C=O) groups is 1. The zero-order valence-electron chi connectivity index (χ0n) is 17.3. The van der Waals surface area contributed by atoms with Crippen molar-refractivity contribution >= 4 is 17.3 Å². The Kier molecular flexibility index (Phi) is 4.69. The number of amides is 1. The van der Waals surface area contributed by atoms with E-state index in [2.05, 4.69) is 26.8 Å². The topological polar surface area (TPSA) is 63.5 Å². The van der Waals surface area contributed by atoms with E-state index in [1.165, 1.54) is 0 Å². The van der Waals surface area contributed by atoms with Crippen LogP contribution in [0, 0.1) is 10.1 Å². The molecule has 0 unspecified atom stereocenters. The summed E-state index contributed by atoms with van der Waals surface area (Å²) in [6.45, 7) is 6.31. The van der Waals surface area contributed by atoms with Gasteiger partial charge in [0.05, 0.1) is 4.92 Å². The predicted molar refractivity (Wildman–Crippen MR) is 118 cm³/mol. The number of hydrogen-bond acceptors (Lipinski definition) is 3. The Balaban J connectivity index is 1.86. The lowest BCUT2D eigenvalue weighted by molar-refractivity contribution is -0.384. The quantitative estimate of drug-likeness (QED) is 0.417. The van der Waals surface area contributed by atoms with Crippen LogP contribution in [0.2, 0.25) is 0 Å². The summed E-state index contributed by atoms with van der Waals surface area (Å²) in [7, 11) is 0. The Labute approximate surface area is 176 Å². The van der Waals surface area contributed by atoms with Crippen molar-refractivity contribution in [2.75, 3.05) is 4.90 Å². The summed E-state index contributed by atoms with van der Waals surface area (Å²) in [4.78, 5) is 26.1. The third-order valence-corrected chi connectivity index (χ3v) is 6.07. The second kappa shape index (κ2) is 7.10. The Morgan fingerprint density at radius 2 is 1.50 bits per heavy atom. The molecule has 0 spiro atoms. The van der Waals surface area contributed by atoms with Gasteiger partial charge >= 0.3 is 0 Å². The van der Waals surface area contributed by atoms with E-state index in [1.54, 1.807) is 12.1 Å². The molecule has 1 aliphatic heterocycles. The maximum atomic E-state index is 13.5. The Morgan fingerprint density at radius 3 is 2.13 bits per heavy atom. The summed E-state index contributed by atoms with van der Waals surface area (Å²) < 4.78 is 0. The van der Waals surface area contributed by atoms with Crippen LogP contribution in [0.3, 0.4) is 0 Å². The number of fused-ring (bicyclic) bond motifs is 1. The van der Waals surface area contributed by atoms with E-state index in [9.17, 15) is 14.9 Å². The maximum absolute atomic E-state index is 13.5. The van der Waals surface area contributed by atoms with E-state index in [0.717, 1.165) is 16.8 Å². The molecular formula is C25H24N2O3. The highest BCUT2D eigenvalue weighted by Crippen LogP contribution is 2.50. The third-order valence-electron chi connectivity index (χ3n) is 6.07. The molecule has 3 aromatic carbocycles. The van der Waals surface area contributed by atoms with Crippen LogP contribution in [-0.4, -0.2) is 16.4 Å². The number of anilines is 1. The van der Waals surface area contributed by atoms with E-state index >= 15 is 0 Å². The van der Waals surface area contributed by atoms with Crippen LogP contribution in [0.1, 0.15) is 48.7 Å². The first-order chi connectivity index (χ1) is 14.2. The minimum Gasteiger partial charge on any atom is -0.302 e. The SMILES string of the molecule is CC1(C)C[C@@](C)(c2ccc([N+](=O)[O-])cc2)c2ccccc2N1C(=O)c1ccccc1. The van der Waals surface area contributed by atoms with Crippen molar-refractivity contribution in [2.24, 2.45) is 0 Å². The van der Waals surface area contributed by atoms with E-state index in [4.69, 9.17) is 0 Å². The van der Waals surface area contributed by atoms with Crippen LogP contribution in [-0.2, 0) is 5.41 Å². The summed E-state index contributed by atoms with van der Waals surface area (Å²) in [5.41, 5.74) is 2.80. The number of nitro benzene ring substituents is 1. The van der Waals surface area contributed by atoms with Crippen molar-refractivity contribution in [3.05, 3.63) is 106 Å². The van der Waals surface area contributed by atoms with Gasteiger partial charge in [0.25, 0.3) is 11.6 Å². The molecule has 1 atom stereocenters. The van der Waals surface area contributed by atoms with E-state index < -0.39 is 5.54 Å². The standard InChI is InChI=1S/C25H24N2O3/c1-24(2)17-25(3,19-13-15-20(16-14-19)27(29)30)21-11-7-8-12-22(21)26(24)23(28)18-9-5-4-6-10-18/h4-16H,17H2,1-3H3/t25-/m0/s1. The van der Waals surface area contributed by atoms with Gasteiger partial charge in [0.1, 0.15) is 0 Å². The number of para-hydroxylation sites is 1. The molecule has 0 aliphatic carbocycles. The molecule has 0 saturated carbocycles. The molecule has 0 N–H and O–H groups in total. The highest BCUT2D eigenvalue weighted by Gasteiger charge is 2.47. The van der Waals surface area contributed by atoms with Crippen LogP contribution >= 0.6 is 0 Å².